The molecule has 0 radical (unpaired) electrons. The van der Waals surface area contributed by atoms with Crippen LogP contribution in [-0.4, -0.2) is 19.7 Å². The van der Waals surface area contributed by atoms with Gasteiger partial charge in [-0.25, -0.2) is 0 Å². The first kappa shape index (κ1) is 9.83. The van der Waals surface area contributed by atoms with Gasteiger partial charge in [0, 0.05) is 23.7 Å². The van der Waals surface area contributed by atoms with Gasteiger partial charge in [0.2, 0.25) is 0 Å². The molecule has 1 aliphatic heterocycles. The summed E-state index contributed by atoms with van der Waals surface area (Å²) in [6.07, 6.45) is 0.134. The Balaban J connectivity index is 2.18. The molecule has 14 heavy (non-hydrogen) atoms. The van der Waals surface area contributed by atoms with Gasteiger partial charge in [0.15, 0.2) is 0 Å². The first-order valence-electron chi connectivity index (χ1n) is 4.68. The third-order valence-corrected chi connectivity index (χ3v) is 2.74. The zero-order valence-electron chi connectivity index (χ0n) is 7.86. The van der Waals surface area contributed by atoms with E-state index in [9.17, 15) is 0 Å². The van der Waals surface area contributed by atoms with Crippen molar-refractivity contribution in [3.63, 3.8) is 0 Å². The minimum absolute atomic E-state index is 0.134. The summed E-state index contributed by atoms with van der Waals surface area (Å²) in [5.74, 6) is 0. The molecule has 1 aliphatic rings. The summed E-state index contributed by atoms with van der Waals surface area (Å²) < 4.78 is 5.62. The summed E-state index contributed by atoms with van der Waals surface area (Å²) in [7, 11) is 0. The summed E-state index contributed by atoms with van der Waals surface area (Å²) >= 11 is 4.29. The van der Waals surface area contributed by atoms with Crippen LogP contribution in [0, 0.1) is 0 Å². The average Bonchev–Trinajstić information content (AvgIpc) is 2.23. The second kappa shape index (κ2) is 4.21. The fourth-order valence-electron chi connectivity index (χ4n) is 1.54. The van der Waals surface area contributed by atoms with Crippen molar-refractivity contribution in [3.8, 4) is 0 Å². The molecule has 1 saturated heterocycles. The fraction of sp³-hybridized carbons (Fsp3) is 0.400. The van der Waals surface area contributed by atoms with Crippen molar-refractivity contribution in [2.45, 2.75) is 11.0 Å². The molecule has 1 aromatic rings. The molecule has 1 fully saturated rings. The minimum Gasteiger partial charge on any atom is -0.398 e. The van der Waals surface area contributed by atoms with E-state index >= 15 is 0 Å². The van der Waals surface area contributed by atoms with E-state index in [0.717, 1.165) is 30.2 Å². The second-order valence-corrected chi connectivity index (χ2v) is 3.86. The van der Waals surface area contributed by atoms with Crippen LogP contribution >= 0.6 is 12.6 Å². The monoisotopic (exact) mass is 210 g/mol. The van der Waals surface area contributed by atoms with Gasteiger partial charge in [-0.05, 0) is 17.7 Å². The maximum Gasteiger partial charge on any atom is 0.0950 e. The molecule has 0 spiro atoms. The SMILES string of the molecule is Nc1ccc(C2CNCCO2)cc1S. The number of hydrogen-bond donors (Lipinski definition) is 3. The van der Waals surface area contributed by atoms with Crippen molar-refractivity contribution in [3.05, 3.63) is 23.8 Å². The number of benzene rings is 1. The molecule has 0 aromatic heterocycles. The number of nitrogen functional groups attached to an aromatic ring is 1. The molecule has 2 rings (SSSR count). The van der Waals surface area contributed by atoms with Crippen LogP contribution in [0.2, 0.25) is 0 Å². The van der Waals surface area contributed by atoms with E-state index in [1.807, 2.05) is 18.2 Å². The van der Waals surface area contributed by atoms with Gasteiger partial charge in [-0.1, -0.05) is 6.07 Å². The summed E-state index contributed by atoms with van der Waals surface area (Å²) in [5.41, 5.74) is 7.53. The van der Waals surface area contributed by atoms with Crippen molar-refractivity contribution in [1.82, 2.24) is 5.32 Å². The van der Waals surface area contributed by atoms with Gasteiger partial charge in [0.1, 0.15) is 0 Å². The first-order valence-corrected chi connectivity index (χ1v) is 5.13. The Morgan fingerprint density at radius 2 is 2.36 bits per heavy atom. The molecular formula is C10H14N2OS. The third-order valence-electron chi connectivity index (χ3n) is 2.35. The largest absolute Gasteiger partial charge is 0.398 e. The van der Waals surface area contributed by atoms with Crippen LogP contribution in [0.5, 0.6) is 0 Å². The Bertz CT molecular complexity index is 324. The van der Waals surface area contributed by atoms with E-state index in [1.165, 1.54) is 0 Å². The summed E-state index contributed by atoms with van der Waals surface area (Å²) in [4.78, 5) is 0.816. The number of nitrogens with two attached hydrogens (primary N) is 1. The topological polar surface area (TPSA) is 47.3 Å². The van der Waals surface area contributed by atoms with Gasteiger partial charge in [0.25, 0.3) is 0 Å². The molecule has 0 saturated carbocycles. The van der Waals surface area contributed by atoms with Crippen LogP contribution in [0.25, 0.3) is 0 Å². The third kappa shape index (κ3) is 2.03. The molecule has 1 aromatic carbocycles. The maximum atomic E-state index is 5.69. The highest BCUT2D eigenvalue weighted by Crippen LogP contribution is 2.24. The van der Waals surface area contributed by atoms with Crippen molar-refractivity contribution in [2.75, 3.05) is 25.4 Å². The van der Waals surface area contributed by atoms with Gasteiger partial charge in [-0.15, -0.1) is 12.6 Å². The number of hydrogen-bond acceptors (Lipinski definition) is 4. The van der Waals surface area contributed by atoms with Gasteiger partial charge >= 0.3 is 0 Å². The molecule has 0 bridgehead atoms. The zero-order chi connectivity index (χ0) is 9.97. The average molecular weight is 210 g/mol. The van der Waals surface area contributed by atoms with E-state index in [1.54, 1.807) is 0 Å². The molecule has 76 valence electrons. The highest BCUT2D eigenvalue weighted by atomic mass is 32.1. The Morgan fingerprint density at radius 3 is 3.00 bits per heavy atom. The number of rotatable bonds is 1. The van der Waals surface area contributed by atoms with Crippen molar-refractivity contribution in [2.24, 2.45) is 0 Å². The van der Waals surface area contributed by atoms with E-state index in [-0.39, 0.29) is 6.10 Å². The summed E-state index contributed by atoms with van der Waals surface area (Å²) in [6, 6.07) is 5.83. The first-order chi connectivity index (χ1) is 6.77. The molecule has 0 amide bonds. The summed E-state index contributed by atoms with van der Waals surface area (Å²) in [5, 5.41) is 3.29. The van der Waals surface area contributed by atoms with E-state index in [4.69, 9.17) is 10.5 Å². The maximum absolute atomic E-state index is 5.69. The lowest BCUT2D eigenvalue weighted by molar-refractivity contribution is 0.0276. The predicted molar refractivity (Wildman–Crippen MR) is 59.7 cm³/mol. The molecule has 3 N–H and O–H groups in total. The van der Waals surface area contributed by atoms with Crippen LogP contribution < -0.4 is 11.1 Å². The fourth-order valence-corrected chi connectivity index (χ4v) is 1.76. The lowest BCUT2D eigenvalue weighted by atomic mass is 10.1. The smallest absolute Gasteiger partial charge is 0.0950 e. The molecule has 0 aliphatic carbocycles. The van der Waals surface area contributed by atoms with Crippen LogP contribution in [0.4, 0.5) is 5.69 Å². The highest BCUT2D eigenvalue weighted by Gasteiger charge is 2.15. The van der Waals surface area contributed by atoms with Crippen molar-refractivity contribution >= 4 is 18.3 Å². The Labute approximate surface area is 89.0 Å². The number of morpholine rings is 1. The van der Waals surface area contributed by atoms with Crippen LogP contribution in [0.15, 0.2) is 23.1 Å². The van der Waals surface area contributed by atoms with Gasteiger partial charge in [-0.3, -0.25) is 0 Å². The Kier molecular flexibility index (Phi) is 2.96. The molecule has 1 atom stereocenters. The van der Waals surface area contributed by atoms with E-state index < -0.39 is 0 Å². The number of thiol groups is 1. The molecule has 1 unspecified atom stereocenters. The van der Waals surface area contributed by atoms with Crippen LogP contribution in [0.3, 0.4) is 0 Å². The van der Waals surface area contributed by atoms with Crippen molar-refractivity contribution in [1.29, 1.82) is 0 Å². The Morgan fingerprint density at radius 1 is 1.50 bits per heavy atom. The number of nitrogens with one attached hydrogen (secondary N) is 1. The summed E-state index contributed by atoms with van der Waals surface area (Å²) in [6.45, 7) is 2.55. The van der Waals surface area contributed by atoms with E-state index in [0.29, 0.717) is 5.69 Å². The lowest BCUT2D eigenvalue weighted by Gasteiger charge is -2.24. The normalized spacial score (nSPS) is 22.2. The highest BCUT2D eigenvalue weighted by molar-refractivity contribution is 7.80. The predicted octanol–water partition coefficient (Wildman–Crippen LogP) is 1.22. The van der Waals surface area contributed by atoms with Gasteiger partial charge in [0.05, 0.1) is 12.7 Å². The standard InChI is InChI=1S/C10H14N2OS/c11-8-2-1-7(5-10(8)14)9-6-12-3-4-13-9/h1-2,5,9,12,14H,3-4,6,11H2. The Hall–Kier alpha value is -0.710. The molecule has 3 nitrogen and oxygen atoms in total. The molecular weight excluding hydrogens is 196 g/mol. The zero-order valence-corrected chi connectivity index (χ0v) is 8.76. The van der Waals surface area contributed by atoms with Crippen LogP contribution in [-0.2, 0) is 4.74 Å². The lowest BCUT2D eigenvalue weighted by Crippen LogP contribution is -2.33. The second-order valence-electron chi connectivity index (χ2n) is 3.38. The molecule has 1 heterocycles. The number of ether oxygens (including phenoxy) is 1. The van der Waals surface area contributed by atoms with Crippen LogP contribution in [0.1, 0.15) is 11.7 Å². The van der Waals surface area contributed by atoms with Gasteiger partial charge in [-0.2, -0.15) is 0 Å². The van der Waals surface area contributed by atoms with E-state index in [2.05, 4.69) is 17.9 Å². The molecule has 4 heteroatoms. The van der Waals surface area contributed by atoms with Crippen molar-refractivity contribution < 1.29 is 4.74 Å². The quantitative estimate of drug-likeness (QED) is 0.482. The number of anilines is 1. The van der Waals surface area contributed by atoms with Gasteiger partial charge < -0.3 is 15.8 Å². The minimum atomic E-state index is 0.134.